The highest BCUT2D eigenvalue weighted by Crippen LogP contribution is 2.12. The molecule has 14 heavy (non-hydrogen) atoms. The number of hydrogen-bond donors (Lipinski definition) is 0. The maximum Gasteiger partial charge on any atom is 0.374 e. The molecule has 3 nitrogen and oxygen atoms in total. The van der Waals surface area contributed by atoms with Gasteiger partial charge in [0.15, 0.2) is 0 Å². The molecule has 0 aromatic carbocycles. The molecule has 0 amide bonds. The summed E-state index contributed by atoms with van der Waals surface area (Å²) in [6, 6.07) is 3.39. The summed E-state index contributed by atoms with van der Waals surface area (Å²) in [7, 11) is 0. The molecule has 0 saturated heterocycles. The van der Waals surface area contributed by atoms with Gasteiger partial charge in [-0.1, -0.05) is 12.2 Å². The van der Waals surface area contributed by atoms with Crippen molar-refractivity contribution >= 4 is 5.97 Å². The lowest BCUT2D eigenvalue weighted by molar-refractivity contribution is 0.0488. The third-order valence-corrected chi connectivity index (χ3v) is 1.61. The smallest absolute Gasteiger partial charge is 0.374 e. The van der Waals surface area contributed by atoms with E-state index in [4.69, 9.17) is 9.15 Å². The minimum absolute atomic E-state index is 0.253. The van der Waals surface area contributed by atoms with Gasteiger partial charge in [-0.15, -0.1) is 0 Å². The monoisotopic (exact) mass is 194 g/mol. The van der Waals surface area contributed by atoms with Gasteiger partial charge in [-0.25, -0.2) is 4.79 Å². The summed E-state index contributed by atoms with van der Waals surface area (Å²) in [5, 5.41) is 0. The zero-order chi connectivity index (χ0) is 10.6. The molecule has 0 saturated carbocycles. The Morgan fingerprint density at radius 3 is 2.86 bits per heavy atom. The van der Waals surface area contributed by atoms with Gasteiger partial charge in [0, 0.05) is 6.42 Å². The van der Waals surface area contributed by atoms with E-state index < -0.39 is 5.97 Å². The maximum absolute atomic E-state index is 11.2. The van der Waals surface area contributed by atoms with Crippen molar-refractivity contribution < 1.29 is 13.9 Å². The fourth-order valence-corrected chi connectivity index (χ4v) is 1.08. The van der Waals surface area contributed by atoms with Gasteiger partial charge in [0.2, 0.25) is 5.76 Å². The van der Waals surface area contributed by atoms with E-state index in [0.717, 1.165) is 11.3 Å². The average Bonchev–Trinajstić information content (AvgIpc) is 2.52. The molecule has 1 rings (SSSR count). The molecule has 0 aliphatic heterocycles. The summed E-state index contributed by atoms with van der Waals surface area (Å²) in [5.74, 6) is 0.573. The van der Waals surface area contributed by atoms with Gasteiger partial charge in [-0.2, -0.15) is 0 Å². The van der Waals surface area contributed by atoms with Gasteiger partial charge in [-0.05, 0) is 26.0 Å². The van der Waals surface area contributed by atoms with E-state index in [1.165, 1.54) is 0 Å². The van der Waals surface area contributed by atoms with Crippen LogP contribution in [0.4, 0.5) is 0 Å². The van der Waals surface area contributed by atoms with Crippen molar-refractivity contribution in [3.63, 3.8) is 0 Å². The standard InChI is InChI=1S/C11H14O3/c1-4-13-11(12)10-6-5-9(14-10)7-8(2)3/h5-6H,2,4,7H2,1,3H3. The second kappa shape index (κ2) is 4.65. The van der Waals surface area contributed by atoms with Crippen LogP contribution < -0.4 is 0 Å². The molecule has 0 N–H and O–H groups in total. The molecule has 0 aliphatic rings. The SMILES string of the molecule is C=C(C)Cc1ccc(C(=O)OCC)o1. The predicted octanol–water partition coefficient (Wildman–Crippen LogP) is 2.57. The number of hydrogen-bond acceptors (Lipinski definition) is 3. The minimum Gasteiger partial charge on any atom is -0.460 e. The van der Waals surface area contributed by atoms with E-state index in [1.54, 1.807) is 19.1 Å². The molecule has 0 atom stereocenters. The van der Waals surface area contributed by atoms with Gasteiger partial charge < -0.3 is 9.15 Å². The first-order valence-electron chi connectivity index (χ1n) is 4.53. The normalized spacial score (nSPS) is 9.86. The predicted molar refractivity (Wildman–Crippen MR) is 53.2 cm³/mol. The molecule has 1 aromatic heterocycles. The zero-order valence-corrected chi connectivity index (χ0v) is 8.50. The third-order valence-electron chi connectivity index (χ3n) is 1.61. The van der Waals surface area contributed by atoms with Gasteiger partial charge in [-0.3, -0.25) is 0 Å². The summed E-state index contributed by atoms with van der Waals surface area (Å²) in [6.07, 6.45) is 0.652. The van der Waals surface area contributed by atoms with E-state index in [1.807, 2.05) is 6.92 Å². The maximum atomic E-state index is 11.2. The summed E-state index contributed by atoms with van der Waals surface area (Å²) >= 11 is 0. The lowest BCUT2D eigenvalue weighted by atomic mass is 10.2. The molecule has 0 radical (unpaired) electrons. The van der Waals surface area contributed by atoms with Crippen molar-refractivity contribution in [3.05, 3.63) is 35.8 Å². The van der Waals surface area contributed by atoms with Crippen LogP contribution in [0.25, 0.3) is 0 Å². The molecule has 3 heteroatoms. The van der Waals surface area contributed by atoms with E-state index in [9.17, 15) is 4.79 Å². The Hall–Kier alpha value is -1.51. The van der Waals surface area contributed by atoms with Crippen molar-refractivity contribution in [2.24, 2.45) is 0 Å². The van der Waals surface area contributed by atoms with Crippen LogP contribution in [0.3, 0.4) is 0 Å². The zero-order valence-electron chi connectivity index (χ0n) is 8.50. The summed E-state index contributed by atoms with van der Waals surface area (Å²) in [5.41, 5.74) is 0.995. The van der Waals surface area contributed by atoms with Gasteiger partial charge in [0.1, 0.15) is 5.76 Å². The van der Waals surface area contributed by atoms with Crippen LogP contribution in [-0.2, 0) is 11.2 Å². The quantitative estimate of drug-likeness (QED) is 0.546. The summed E-state index contributed by atoms with van der Waals surface area (Å²) in [4.78, 5) is 11.2. The van der Waals surface area contributed by atoms with Crippen LogP contribution in [0.2, 0.25) is 0 Å². The van der Waals surface area contributed by atoms with Crippen molar-refractivity contribution in [3.8, 4) is 0 Å². The van der Waals surface area contributed by atoms with Crippen molar-refractivity contribution in [2.45, 2.75) is 20.3 Å². The number of allylic oxidation sites excluding steroid dienone is 1. The molecule has 0 fully saturated rings. The number of esters is 1. The van der Waals surface area contributed by atoms with Crippen LogP contribution >= 0.6 is 0 Å². The first-order valence-corrected chi connectivity index (χ1v) is 4.53. The van der Waals surface area contributed by atoms with Gasteiger partial charge >= 0.3 is 5.97 Å². The molecule has 0 unspecified atom stereocenters. The third kappa shape index (κ3) is 2.76. The first kappa shape index (κ1) is 10.6. The lowest BCUT2D eigenvalue weighted by Crippen LogP contribution is -2.02. The highest BCUT2D eigenvalue weighted by molar-refractivity contribution is 5.86. The van der Waals surface area contributed by atoms with Gasteiger partial charge in [0.05, 0.1) is 6.61 Å². The molecule has 0 spiro atoms. The Morgan fingerprint density at radius 1 is 1.57 bits per heavy atom. The van der Waals surface area contributed by atoms with E-state index in [-0.39, 0.29) is 5.76 Å². The van der Waals surface area contributed by atoms with Crippen LogP contribution in [-0.4, -0.2) is 12.6 Å². The Balaban J connectivity index is 2.67. The van der Waals surface area contributed by atoms with Crippen LogP contribution in [0.1, 0.15) is 30.2 Å². The van der Waals surface area contributed by atoms with Crippen molar-refractivity contribution in [1.29, 1.82) is 0 Å². The molecule has 0 aliphatic carbocycles. The number of rotatable bonds is 4. The number of carbonyl (C=O) groups is 1. The molecule has 1 heterocycles. The topological polar surface area (TPSA) is 39.4 Å². The molecule has 0 bridgehead atoms. The Bertz CT molecular complexity index is 336. The second-order valence-electron chi connectivity index (χ2n) is 3.12. The molecule has 1 aromatic rings. The summed E-state index contributed by atoms with van der Waals surface area (Å²) < 4.78 is 10.1. The molecular formula is C11H14O3. The number of furan rings is 1. The number of carbonyl (C=O) groups excluding carboxylic acids is 1. The Morgan fingerprint density at radius 2 is 2.29 bits per heavy atom. The van der Waals surface area contributed by atoms with Crippen LogP contribution in [0.15, 0.2) is 28.7 Å². The Kier molecular flexibility index (Phi) is 3.51. The highest BCUT2D eigenvalue weighted by Gasteiger charge is 2.11. The summed E-state index contributed by atoms with van der Waals surface area (Å²) in [6.45, 7) is 7.79. The number of ether oxygens (including phenoxy) is 1. The van der Waals surface area contributed by atoms with Crippen LogP contribution in [0.5, 0.6) is 0 Å². The fraction of sp³-hybridized carbons (Fsp3) is 0.364. The largest absolute Gasteiger partial charge is 0.460 e. The van der Waals surface area contributed by atoms with Gasteiger partial charge in [0.25, 0.3) is 0 Å². The highest BCUT2D eigenvalue weighted by atomic mass is 16.5. The fourth-order valence-electron chi connectivity index (χ4n) is 1.08. The van der Waals surface area contributed by atoms with Crippen molar-refractivity contribution in [2.75, 3.05) is 6.61 Å². The average molecular weight is 194 g/mol. The van der Waals surface area contributed by atoms with E-state index >= 15 is 0 Å². The lowest BCUT2D eigenvalue weighted by Gasteiger charge is -1.97. The van der Waals surface area contributed by atoms with Crippen molar-refractivity contribution in [1.82, 2.24) is 0 Å². The second-order valence-corrected chi connectivity index (χ2v) is 3.12. The van der Waals surface area contributed by atoms with E-state index in [2.05, 4.69) is 6.58 Å². The van der Waals surface area contributed by atoms with E-state index in [0.29, 0.717) is 13.0 Å². The Labute approximate surface area is 83.4 Å². The molecule has 76 valence electrons. The first-order chi connectivity index (χ1) is 6.63. The van der Waals surface area contributed by atoms with Crippen LogP contribution in [0, 0.1) is 0 Å². The minimum atomic E-state index is -0.416. The molecular weight excluding hydrogens is 180 g/mol.